The minimum atomic E-state index is -0.472. The third-order valence-electron chi connectivity index (χ3n) is 3.40. The number of hydrogen-bond donors (Lipinski definition) is 2. The molecule has 2 fully saturated rings. The van der Waals surface area contributed by atoms with Crippen molar-refractivity contribution in [2.45, 2.75) is 54.9 Å². The maximum absolute atomic E-state index is 10.2. The van der Waals surface area contributed by atoms with Crippen molar-refractivity contribution >= 4 is 11.8 Å². The highest BCUT2D eigenvalue weighted by Crippen LogP contribution is 2.41. The second-order valence-corrected chi connectivity index (χ2v) is 5.63. The Morgan fingerprint density at radius 2 is 2.50 bits per heavy atom. The summed E-state index contributed by atoms with van der Waals surface area (Å²) in [6.45, 7) is 2.04. The van der Waals surface area contributed by atoms with Gasteiger partial charge >= 0.3 is 0 Å². The van der Waals surface area contributed by atoms with Crippen LogP contribution in [0.3, 0.4) is 0 Å². The molecule has 0 aromatic heterocycles. The molecule has 1 heterocycles. The first-order valence-electron chi connectivity index (χ1n) is 5.20. The number of fused-ring (bicyclic) bond motifs is 1. The second kappa shape index (κ2) is 3.73. The van der Waals surface area contributed by atoms with Gasteiger partial charge in [-0.2, -0.15) is 5.26 Å². The van der Waals surface area contributed by atoms with Gasteiger partial charge in [-0.1, -0.05) is 6.92 Å². The molecule has 2 rings (SSSR count). The van der Waals surface area contributed by atoms with E-state index in [-0.39, 0.29) is 5.37 Å². The molecule has 2 aliphatic rings. The predicted octanol–water partition coefficient (Wildman–Crippen LogP) is 1.23. The molecule has 1 aliphatic heterocycles. The SMILES string of the molecule is CC[C@@]1(O)CCC2NC(C#N)SC2C1. The van der Waals surface area contributed by atoms with Crippen molar-refractivity contribution in [3.8, 4) is 6.07 Å². The molecule has 78 valence electrons. The Kier molecular flexibility index (Phi) is 2.74. The van der Waals surface area contributed by atoms with Crippen LogP contribution in [0.4, 0.5) is 0 Å². The van der Waals surface area contributed by atoms with E-state index in [1.54, 1.807) is 11.8 Å². The minimum absolute atomic E-state index is 0.0655. The molecule has 1 aliphatic carbocycles. The summed E-state index contributed by atoms with van der Waals surface area (Å²) in [7, 11) is 0. The fourth-order valence-corrected chi connectivity index (χ4v) is 3.83. The van der Waals surface area contributed by atoms with Crippen LogP contribution in [0.15, 0.2) is 0 Å². The zero-order valence-corrected chi connectivity index (χ0v) is 9.18. The first-order valence-corrected chi connectivity index (χ1v) is 6.15. The lowest BCUT2D eigenvalue weighted by Crippen LogP contribution is -2.45. The van der Waals surface area contributed by atoms with E-state index in [4.69, 9.17) is 5.26 Å². The second-order valence-electron chi connectivity index (χ2n) is 4.28. The van der Waals surface area contributed by atoms with Crippen molar-refractivity contribution in [1.82, 2.24) is 5.32 Å². The molecule has 3 unspecified atom stereocenters. The van der Waals surface area contributed by atoms with Crippen molar-refractivity contribution in [3.05, 3.63) is 0 Å². The van der Waals surface area contributed by atoms with E-state index in [9.17, 15) is 5.11 Å². The lowest BCUT2D eigenvalue weighted by Gasteiger charge is -2.37. The third-order valence-corrected chi connectivity index (χ3v) is 4.76. The smallest absolute Gasteiger partial charge is 0.143 e. The van der Waals surface area contributed by atoms with Crippen LogP contribution in [-0.2, 0) is 0 Å². The highest BCUT2D eigenvalue weighted by molar-refractivity contribution is 8.01. The summed E-state index contributed by atoms with van der Waals surface area (Å²) in [5, 5.41) is 22.6. The summed E-state index contributed by atoms with van der Waals surface area (Å²) in [6, 6.07) is 2.68. The molecule has 4 atom stereocenters. The Hall–Kier alpha value is -0.240. The van der Waals surface area contributed by atoms with Crippen LogP contribution in [0.5, 0.6) is 0 Å². The van der Waals surface area contributed by atoms with Crippen molar-refractivity contribution < 1.29 is 5.11 Å². The van der Waals surface area contributed by atoms with E-state index >= 15 is 0 Å². The van der Waals surface area contributed by atoms with Crippen LogP contribution in [0.2, 0.25) is 0 Å². The Balaban J connectivity index is 2.02. The van der Waals surface area contributed by atoms with Crippen LogP contribution >= 0.6 is 11.8 Å². The van der Waals surface area contributed by atoms with Gasteiger partial charge in [0.2, 0.25) is 0 Å². The van der Waals surface area contributed by atoms with Crippen LogP contribution < -0.4 is 5.32 Å². The van der Waals surface area contributed by atoms with Gasteiger partial charge in [0, 0.05) is 11.3 Å². The number of aliphatic hydroxyl groups is 1. The van der Waals surface area contributed by atoms with Gasteiger partial charge in [0.05, 0.1) is 11.7 Å². The first-order chi connectivity index (χ1) is 6.67. The average molecular weight is 212 g/mol. The van der Waals surface area contributed by atoms with E-state index in [1.807, 2.05) is 6.92 Å². The summed E-state index contributed by atoms with van der Waals surface area (Å²) < 4.78 is 0. The van der Waals surface area contributed by atoms with Gasteiger partial charge in [-0.25, -0.2) is 0 Å². The van der Waals surface area contributed by atoms with Gasteiger partial charge in [0.1, 0.15) is 5.37 Å². The van der Waals surface area contributed by atoms with Crippen LogP contribution in [0, 0.1) is 11.3 Å². The molecule has 0 spiro atoms. The van der Waals surface area contributed by atoms with Gasteiger partial charge in [0.25, 0.3) is 0 Å². The summed E-state index contributed by atoms with van der Waals surface area (Å²) in [6.07, 6.45) is 3.54. The zero-order chi connectivity index (χ0) is 10.2. The molecule has 0 aromatic carbocycles. The highest BCUT2D eigenvalue weighted by atomic mass is 32.2. The molecule has 1 saturated heterocycles. The molecule has 14 heavy (non-hydrogen) atoms. The topological polar surface area (TPSA) is 56.0 Å². The molecule has 0 amide bonds. The maximum atomic E-state index is 10.2. The maximum Gasteiger partial charge on any atom is 0.143 e. The standard InChI is InChI=1S/C10H16N2OS/c1-2-10(13)4-3-7-8(5-10)14-9(6-11)12-7/h7-9,12-13H,2-5H2,1H3/t7?,8?,9?,10-/m1/s1. The van der Waals surface area contributed by atoms with Crippen molar-refractivity contribution in [3.63, 3.8) is 0 Å². The lowest BCUT2D eigenvalue weighted by atomic mass is 9.80. The minimum Gasteiger partial charge on any atom is -0.390 e. The number of nitrogens with one attached hydrogen (secondary N) is 1. The Morgan fingerprint density at radius 1 is 1.71 bits per heavy atom. The van der Waals surface area contributed by atoms with E-state index in [0.717, 1.165) is 25.7 Å². The van der Waals surface area contributed by atoms with Crippen molar-refractivity contribution in [2.75, 3.05) is 0 Å². The quantitative estimate of drug-likeness (QED) is 0.686. The summed E-state index contributed by atoms with van der Waals surface area (Å²) in [4.78, 5) is 0. The van der Waals surface area contributed by atoms with E-state index < -0.39 is 5.60 Å². The summed E-state index contributed by atoms with van der Waals surface area (Å²) >= 11 is 1.68. The van der Waals surface area contributed by atoms with E-state index in [1.165, 1.54) is 0 Å². The van der Waals surface area contributed by atoms with Gasteiger partial charge in [-0.05, 0) is 25.7 Å². The van der Waals surface area contributed by atoms with E-state index in [2.05, 4.69) is 11.4 Å². The number of nitriles is 1. The predicted molar refractivity (Wildman–Crippen MR) is 56.8 cm³/mol. The molecule has 0 radical (unpaired) electrons. The molecule has 0 aromatic rings. The molecule has 1 saturated carbocycles. The number of thioether (sulfide) groups is 1. The van der Waals surface area contributed by atoms with Crippen molar-refractivity contribution in [1.29, 1.82) is 5.26 Å². The number of rotatable bonds is 1. The fraction of sp³-hybridized carbons (Fsp3) is 0.900. The summed E-state index contributed by atoms with van der Waals surface area (Å²) in [5.41, 5.74) is -0.472. The monoisotopic (exact) mass is 212 g/mol. The normalized spacial score (nSPS) is 47.1. The Bertz CT molecular complexity index is 265. The molecular weight excluding hydrogens is 196 g/mol. The van der Waals surface area contributed by atoms with Gasteiger partial charge in [-0.3, -0.25) is 5.32 Å². The number of nitrogens with zero attached hydrogens (tertiary/aromatic N) is 1. The Morgan fingerprint density at radius 3 is 3.14 bits per heavy atom. The molecular formula is C10H16N2OS. The molecule has 2 N–H and O–H groups in total. The lowest BCUT2D eigenvalue weighted by molar-refractivity contribution is -0.00239. The van der Waals surface area contributed by atoms with Crippen LogP contribution in [-0.4, -0.2) is 27.4 Å². The van der Waals surface area contributed by atoms with Crippen LogP contribution in [0.25, 0.3) is 0 Å². The van der Waals surface area contributed by atoms with E-state index in [0.29, 0.717) is 11.3 Å². The third kappa shape index (κ3) is 1.77. The molecule has 4 heteroatoms. The highest BCUT2D eigenvalue weighted by Gasteiger charge is 2.43. The van der Waals surface area contributed by atoms with Gasteiger partial charge in [-0.15, -0.1) is 11.8 Å². The largest absolute Gasteiger partial charge is 0.390 e. The van der Waals surface area contributed by atoms with Gasteiger partial charge in [0.15, 0.2) is 0 Å². The van der Waals surface area contributed by atoms with Crippen molar-refractivity contribution in [2.24, 2.45) is 0 Å². The van der Waals surface area contributed by atoms with Gasteiger partial charge < -0.3 is 5.11 Å². The molecule has 3 nitrogen and oxygen atoms in total. The first kappa shape index (κ1) is 10.3. The fourth-order valence-electron chi connectivity index (χ4n) is 2.36. The molecule has 0 bridgehead atoms. The Labute approximate surface area is 88.9 Å². The number of hydrogen-bond acceptors (Lipinski definition) is 4. The summed E-state index contributed by atoms with van der Waals surface area (Å²) in [5.74, 6) is 0. The average Bonchev–Trinajstić information content (AvgIpc) is 2.59. The zero-order valence-electron chi connectivity index (χ0n) is 8.36. The van der Waals surface area contributed by atoms with Crippen LogP contribution in [0.1, 0.15) is 32.6 Å².